The lowest BCUT2D eigenvalue weighted by atomic mass is 10.2. The number of fused-ring (bicyclic) bond motifs is 2. The zero-order valence-electron chi connectivity index (χ0n) is 12.6. The summed E-state index contributed by atoms with van der Waals surface area (Å²) >= 11 is 1.68. The predicted octanol–water partition coefficient (Wildman–Crippen LogP) is 4.54. The van der Waals surface area contributed by atoms with Gasteiger partial charge in [-0.1, -0.05) is 12.1 Å². The van der Waals surface area contributed by atoms with Crippen molar-refractivity contribution in [3.63, 3.8) is 0 Å². The first kappa shape index (κ1) is 13.4. The third-order valence-electron chi connectivity index (χ3n) is 3.92. The number of hydrogen-bond donors (Lipinski definition) is 1. The van der Waals surface area contributed by atoms with Crippen molar-refractivity contribution in [2.45, 2.75) is 0 Å². The third kappa shape index (κ3) is 2.11. The van der Waals surface area contributed by atoms with Gasteiger partial charge in [-0.3, -0.25) is 4.40 Å². The number of anilines is 2. The van der Waals surface area contributed by atoms with Gasteiger partial charge in [-0.25, -0.2) is 4.98 Å². The maximum Gasteiger partial charge on any atom is 0.231 e. The van der Waals surface area contributed by atoms with Gasteiger partial charge < -0.3 is 14.8 Å². The fourth-order valence-electron chi connectivity index (χ4n) is 2.81. The maximum absolute atomic E-state index is 5.47. The Kier molecular flexibility index (Phi) is 2.96. The molecule has 6 heteroatoms. The fourth-order valence-corrected chi connectivity index (χ4v) is 3.53. The Hall–Kier alpha value is -2.99. The highest BCUT2D eigenvalue weighted by molar-refractivity contribution is 7.13. The van der Waals surface area contributed by atoms with Crippen molar-refractivity contribution in [3.05, 3.63) is 60.1 Å². The van der Waals surface area contributed by atoms with E-state index in [0.29, 0.717) is 0 Å². The molecule has 24 heavy (non-hydrogen) atoms. The van der Waals surface area contributed by atoms with E-state index in [1.165, 1.54) is 0 Å². The molecule has 1 aliphatic heterocycles. The Morgan fingerprint density at radius 3 is 2.92 bits per heavy atom. The Morgan fingerprint density at radius 1 is 1.04 bits per heavy atom. The van der Waals surface area contributed by atoms with E-state index in [0.717, 1.165) is 39.2 Å². The highest BCUT2D eigenvalue weighted by atomic mass is 32.1. The zero-order valence-corrected chi connectivity index (χ0v) is 13.4. The summed E-state index contributed by atoms with van der Waals surface area (Å²) in [4.78, 5) is 5.91. The number of imidazole rings is 1. The first-order valence-electron chi connectivity index (χ1n) is 7.56. The second-order valence-corrected chi connectivity index (χ2v) is 6.36. The van der Waals surface area contributed by atoms with E-state index in [2.05, 4.69) is 21.2 Å². The van der Waals surface area contributed by atoms with Gasteiger partial charge in [0.2, 0.25) is 6.79 Å². The van der Waals surface area contributed by atoms with Crippen LogP contribution in [0.4, 0.5) is 11.5 Å². The average Bonchev–Trinajstić information content (AvgIpc) is 3.34. The van der Waals surface area contributed by atoms with Gasteiger partial charge in [-0.15, -0.1) is 11.3 Å². The van der Waals surface area contributed by atoms with Crippen molar-refractivity contribution in [3.8, 4) is 22.1 Å². The quantitative estimate of drug-likeness (QED) is 0.597. The molecule has 0 aliphatic carbocycles. The number of rotatable bonds is 3. The molecule has 4 aromatic rings. The highest BCUT2D eigenvalue weighted by Crippen LogP contribution is 2.37. The summed E-state index contributed by atoms with van der Waals surface area (Å²) in [5.41, 5.74) is 2.78. The van der Waals surface area contributed by atoms with Gasteiger partial charge in [-0.05, 0) is 35.7 Å². The minimum atomic E-state index is 0.273. The molecule has 0 atom stereocenters. The van der Waals surface area contributed by atoms with Gasteiger partial charge in [0.1, 0.15) is 17.2 Å². The molecule has 0 unspecified atom stereocenters. The van der Waals surface area contributed by atoms with Crippen LogP contribution in [0.3, 0.4) is 0 Å². The molecule has 0 amide bonds. The number of nitrogens with zero attached hydrogens (tertiary/aromatic N) is 2. The van der Waals surface area contributed by atoms with Gasteiger partial charge in [0.15, 0.2) is 11.5 Å². The molecule has 0 bridgehead atoms. The number of ether oxygens (including phenoxy) is 2. The lowest BCUT2D eigenvalue weighted by molar-refractivity contribution is 0.174. The van der Waals surface area contributed by atoms with E-state index in [-0.39, 0.29) is 6.79 Å². The molecule has 118 valence electrons. The average molecular weight is 335 g/mol. The van der Waals surface area contributed by atoms with Crippen molar-refractivity contribution >= 4 is 28.5 Å². The molecule has 1 N–H and O–H groups in total. The first-order chi connectivity index (χ1) is 11.9. The van der Waals surface area contributed by atoms with Crippen LogP contribution in [-0.2, 0) is 0 Å². The number of benzene rings is 1. The van der Waals surface area contributed by atoms with E-state index in [4.69, 9.17) is 14.5 Å². The summed E-state index contributed by atoms with van der Waals surface area (Å²) in [7, 11) is 0. The summed E-state index contributed by atoms with van der Waals surface area (Å²) in [5.74, 6) is 2.47. The monoisotopic (exact) mass is 335 g/mol. The van der Waals surface area contributed by atoms with Crippen LogP contribution in [-0.4, -0.2) is 16.2 Å². The Labute approximate surface area is 142 Å². The topological polar surface area (TPSA) is 47.8 Å². The van der Waals surface area contributed by atoms with E-state index in [9.17, 15) is 0 Å². The lowest BCUT2D eigenvalue weighted by Gasteiger charge is -2.09. The van der Waals surface area contributed by atoms with Crippen LogP contribution >= 0.6 is 11.3 Å². The molecule has 5 nitrogen and oxygen atoms in total. The fraction of sp³-hybridized carbons (Fsp3) is 0.0556. The van der Waals surface area contributed by atoms with Crippen LogP contribution in [0.5, 0.6) is 11.5 Å². The van der Waals surface area contributed by atoms with Crippen LogP contribution in [0.25, 0.3) is 16.2 Å². The number of thiophene rings is 1. The molecule has 0 saturated heterocycles. The summed E-state index contributed by atoms with van der Waals surface area (Å²) in [5, 5.41) is 5.54. The predicted molar refractivity (Wildman–Crippen MR) is 94.4 cm³/mol. The molecule has 0 spiro atoms. The molecule has 1 aliphatic rings. The van der Waals surface area contributed by atoms with Gasteiger partial charge in [0.05, 0.1) is 4.88 Å². The molecule has 4 heterocycles. The highest BCUT2D eigenvalue weighted by Gasteiger charge is 2.17. The summed E-state index contributed by atoms with van der Waals surface area (Å²) in [6, 6.07) is 16.0. The molecule has 5 rings (SSSR count). The van der Waals surface area contributed by atoms with Crippen LogP contribution in [0.15, 0.2) is 60.1 Å². The second-order valence-electron chi connectivity index (χ2n) is 5.41. The summed E-state index contributed by atoms with van der Waals surface area (Å²) < 4.78 is 12.9. The van der Waals surface area contributed by atoms with Gasteiger partial charge >= 0.3 is 0 Å². The Morgan fingerprint density at radius 2 is 2.00 bits per heavy atom. The normalized spacial score (nSPS) is 12.7. The number of hydrogen-bond acceptors (Lipinski definition) is 5. The lowest BCUT2D eigenvalue weighted by Crippen LogP contribution is -1.96. The summed E-state index contributed by atoms with van der Waals surface area (Å²) in [6.45, 7) is 0.273. The number of pyridine rings is 1. The van der Waals surface area contributed by atoms with Crippen molar-refractivity contribution in [2.75, 3.05) is 12.1 Å². The van der Waals surface area contributed by atoms with Gasteiger partial charge in [-0.2, -0.15) is 0 Å². The minimum absolute atomic E-state index is 0.273. The van der Waals surface area contributed by atoms with Crippen molar-refractivity contribution in [2.24, 2.45) is 0 Å². The molecule has 0 radical (unpaired) electrons. The maximum atomic E-state index is 5.47. The van der Waals surface area contributed by atoms with Crippen LogP contribution in [0.2, 0.25) is 0 Å². The molecule has 0 fully saturated rings. The van der Waals surface area contributed by atoms with Crippen molar-refractivity contribution in [1.29, 1.82) is 0 Å². The third-order valence-corrected chi connectivity index (χ3v) is 4.80. The van der Waals surface area contributed by atoms with Crippen LogP contribution in [0.1, 0.15) is 0 Å². The van der Waals surface area contributed by atoms with Crippen molar-refractivity contribution in [1.82, 2.24) is 9.38 Å². The Balaban J connectivity index is 1.64. The molecular weight excluding hydrogens is 322 g/mol. The van der Waals surface area contributed by atoms with Crippen LogP contribution in [0, 0.1) is 0 Å². The molecule has 3 aromatic heterocycles. The molecule has 1 aromatic carbocycles. The Bertz CT molecular complexity index is 1020. The van der Waals surface area contributed by atoms with E-state index in [1.807, 2.05) is 48.7 Å². The smallest absolute Gasteiger partial charge is 0.231 e. The zero-order chi connectivity index (χ0) is 15.9. The standard InChI is InChI=1S/C18H13N3O2S/c1-2-8-21-16(5-1)20-17(15-4-3-9-24-15)18(21)19-12-6-7-13-14(10-12)23-11-22-13/h1-10,19H,11H2. The SMILES string of the molecule is c1csc(-c2nc3ccccn3c2Nc2ccc3c(c2)OCO3)c1. The van der Waals surface area contributed by atoms with Crippen LogP contribution < -0.4 is 14.8 Å². The first-order valence-corrected chi connectivity index (χ1v) is 8.44. The van der Waals surface area contributed by atoms with E-state index < -0.39 is 0 Å². The van der Waals surface area contributed by atoms with E-state index in [1.54, 1.807) is 11.3 Å². The number of nitrogens with one attached hydrogen (secondary N) is 1. The van der Waals surface area contributed by atoms with Crippen molar-refractivity contribution < 1.29 is 9.47 Å². The number of aromatic nitrogens is 2. The minimum Gasteiger partial charge on any atom is -0.454 e. The van der Waals surface area contributed by atoms with E-state index >= 15 is 0 Å². The molecule has 0 saturated carbocycles. The summed E-state index contributed by atoms with van der Waals surface area (Å²) in [6.07, 6.45) is 2.01. The second kappa shape index (κ2) is 5.28. The largest absolute Gasteiger partial charge is 0.454 e. The van der Waals surface area contributed by atoms with Gasteiger partial charge in [0, 0.05) is 18.0 Å². The molecular formula is C18H13N3O2S. The van der Waals surface area contributed by atoms with Gasteiger partial charge in [0.25, 0.3) is 0 Å².